The Hall–Kier alpha value is -2.33. The molecule has 1 aliphatic heterocycles. The van der Waals surface area contributed by atoms with Crippen LogP contribution in [0.2, 0.25) is 0 Å². The molecule has 214 valence electrons. The van der Waals surface area contributed by atoms with E-state index >= 15 is 0 Å². The molecule has 0 aromatic heterocycles. The number of hydrogen-bond acceptors (Lipinski definition) is 9. The highest BCUT2D eigenvalue weighted by Crippen LogP contribution is 2.71. The SMILES string of the molecule is CC(=O)OC[C@]12CC[C@H]3[C@@H](C[C@H](O)C4=CC=CC(=O)[C@@]43C)[C@]1(O)CC[C@@]2(O)[C@@](C)(O)C1CC(C)=C(C)C(=O)O1. The molecule has 0 amide bonds. The van der Waals surface area contributed by atoms with E-state index in [2.05, 4.69) is 0 Å². The minimum atomic E-state index is -2.02. The standard InChI is InChI=1S/C30H40O9/c1-16-13-24(39-25(34)17(16)2)27(5,35)30(37)12-11-29(36)21-14-22(32)20-7-6-8-23(33)26(20,4)19(21)9-10-28(29,30)15-38-18(3)31/h6-8,19,21-22,24,32,35-37H,9-15H2,1-5H3/t19-,21+,22-,24?,26+,27-,28+,29+,30+/m0/s1. The van der Waals surface area contributed by atoms with Gasteiger partial charge in [-0.25, -0.2) is 4.79 Å². The molecule has 5 aliphatic rings. The van der Waals surface area contributed by atoms with Gasteiger partial charge in [0.15, 0.2) is 5.78 Å². The number of rotatable bonds is 4. The lowest BCUT2D eigenvalue weighted by Crippen LogP contribution is -2.75. The number of cyclic esters (lactones) is 1. The van der Waals surface area contributed by atoms with Crippen LogP contribution in [0.4, 0.5) is 0 Å². The molecule has 9 nitrogen and oxygen atoms in total. The summed E-state index contributed by atoms with van der Waals surface area (Å²) >= 11 is 0. The molecular weight excluding hydrogens is 504 g/mol. The largest absolute Gasteiger partial charge is 0.465 e. The van der Waals surface area contributed by atoms with Crippen LogP contribution in [0.15, 0.2) is 34.9 Å². The number of carbonyl (C=O) groups excluding carboxylic acids is 3. The molecule has 0 aromatic carbocycles. The first-order valence-electron chi connectivity index (χ1n) is 13.9. The quantitative estimate of drug-likeness (QED) is 0.390. The maximum atomic E-state index is 13.3. The van der Waals surface area contributed by atoms with E-state index < -0.39 is 57.7 Å². The molecule has 0 radical (unpaired) electrons. The molecule has 0 aromatic rings. The van der Waals surface area contributed by atoms with E-state index in [4.69, 9.17) is 9.47 Å². The second-order valence-electron chi connectivity index (χ2n) is 12.8. The Balaban J connectivity index is 1.62. The summed E-state index contributed by atoms with van der Waals surface area (Å²) in [5.74, 6) is -2.29. The molecular formula is C30H40O9. The van der Waals surface area contributed by atoms with E-state index in [1.807, 2.05) is 6.92 Å². The van der Waals surface area contributed by atoms with Crippen LogP contribution in [0.5, 0.6) is 0 Å². The Kier molecular flexibility index (Phi) is 6.39. The minimum Gasteiger partial charge on any atom is -0.465 e. The van der Waals surface area contributed by atoms with Crippen LogP contribution in [0.1, 0.15) is 73.1 Å². The Bertz CT molecular complexity index is 1210. The van der Waals surface area contributed by atoms with Gasteiger partial charge in [-0.3, -0.25) is 9.59 Å². The van der Waals surface area contributed by atoms with E-state index in [0.717, 1.165) is 5.57 Å². The highest BCUT2D eigenvalue weighted by molar-refractivity contribution is 5.99. The zero-order valence-corrected chi connectivity index (χ0v) is 23.3. The van der Waals surface area contributed by atoms with Crippen molar-refractivity contribution < 1.29 is 44.3 Å². The predicted molar refractivity (Wildman–Crippen MR) is 139 cm³/mol. The summed E-state index contributed by atoms with van der Waals surface area (Å²) in [4.78, 5) is 37.9. The lowest BCUT2D eigenvalue weighted by Gasteiger charge is -2.64. The van der Waals surface area contributed by atoms with Crippen LogP contribution in [0, 0.1) is 22.7 Å². The fourth-order valence-electron chi connectivity index (χ4n) is 8.83. The number of ketones is 1. The van der Waals surface area contributed by atoms with E-state index in [0.29, 0.717) is 17.6 Å². The summed E-state index contributed by atoms with van der Waals surface area (Å²) < 4.78 is 11.1. The third kappa shape index (κ3) is 3.49. The van der Waals surface area contributed by atoms with Crippen molar-refractivity contribution in [3.05, 3.63) is 34.9 Å². The smallest absolute Gasteiger partial charge is 0.334 e. The van der Waals surface area contributed by atoms with Crippen LogP contribution in [0.25, 0.3) is 0 Å². The number of ether oxygens (including phenoxy) is 2. The Labute approximate surface area is 228 Å². The zero-order valence-electron chi connectivity index (χ0n) is 23.3. The number of aliphatic hydroxyl groups excluding tert-OH is 1. The molecule has 0 saturated heterocycles. The highest BCUT2D eigenvalue weighted by Gasteiger charge is 2.79. The first-order chi connectivity index (χ1) is 18.1. The van der Waals surface area contributed by atoms with Crippen LogP contribution in [-0.4, -0.2) is 73.8 Å². The number of aliphatic hydroxyl groups is 4. The monoisotopic (exact) mass is 544 g/mol. The Morgan fingerprint density at radius 2 is 1.87 bits per heavy atom. The first-order valence-corrected chi connectivity index (χ1v) is 13.9. The average Bonchev–Trinajstić information content (AvgIpc) is 3.11. The van der Waals surface area contributed by atoms with Crippen molar-refractivity contribution in [1.82, 2.24) is 0 Å². The van der Waals surface area contributed by atoms with Crippen molar-refractivity contribution >= 4 is 17.7 Å². The summed E-state index contributed by atoms with van der Waals surface area (Å²) in [6, 6.07) is 0. The second-order valence-corrected chi connectivity index (χ2v) is 12.8. The van der Waals surface area contributed by atoms with Gasteiger partial charge in [0.2, 0.25) is 0 Å². The molecule has 4 N–H and O–H groups in total. The van der Waals surface area contributed by atoms with Crippen LogP contribution in [0.3, 0.4) is 0 Å². The molecule has 0 bridgehead atoms. The van der Waals surface area contributed by atoms with Gasteiger partial charge >= 0.3 is 11.9 Å². The van der Waals surface area contributed by atoms with Crippen LogP contribution >= 0.6 is 0 Å². The van der Waals surface area contributed by atoms with Crippen molar-refractivity contribution in [2.45, 2.75) is 102 Å². The first kappa shape index (κ1) is 28.2. The molecule has 5 rings (SSSR count). The summed E-state index contributed by atoms with van der Waals surface area (Å²) in [5, 5.41) is 48.6. The van der Waals surface area contributed by atoms with Crippen molar-refractivity contribution in [2.24, 2.45) is 22.7 Å². The van der Waals surface area contributed by atoms with Gasteiger partial charge in [0, 0.05) is 18.9 Å². The summed E-state index contributed by atoms with van der Waals surface area (Å²) in [5.41, 5.74) is -6.50. The zero-order chi connectivity index (χ0) is 28.8. The number of allylic oxidation sites excluding steroid dienone is 3. The fourth-order valence-corrected chi connectivity index (χ4v) is 8.83. The van der Waals surface area contributed by atoms with Crippen LogP contribution in [-0.2, 0) is 23.9 Å². The molecule has 0 spiro atoms. The van der Waals surface area contributed by atoms with Crippen molar-refractivity contribution in [2.75, 3.05) is 6.61 Å². The number of hydrogen-bond donors (Lipinski definition) is 4. The minimum absolute atomic E-state index is 0.0441. The molecule has 1 unspecified atom stereocenters. The maximum Gasteiger partial charge on any atom is 0.334 e. The van der Waals surface area contributed by atoms with E-state index in [1.54, 1.807) is 26.0 Å². The van der Waals surface area contributed by atoms with Gasteiger partial charge < -0.3 is 29.9 Å². The van der Waals surface area contributed by atoms with E-state index in [-0.39, 0.29) is 50.4 Å². The average molecular weight is 545 g/mol. The Morgan fingerprint density at radius 1 is 1.18 bits per heavy atom. The van der Waals surface area contributed by atoms with Gasteiger partial charge in [0.25, 0.3) is 0 Å². The van der Waals surface area contributed by atoms with Crippen LogP contribution < -0.4 is 0 Å². The molecule has 3 saturated carbocycles. The molecule has 39 heavy (non-hydrogen) atoms. The van der Waals surface area contributed by atoms with E-state index in [1.165, 1.54) is 19.9 Å². The van der Waals surface area contributed by atoms with Gasteiger partial charge in [-0.15, -0.1) is 0 Å². The fraction of sp³-hybridized carbons (Fsp3) is 0.700. The third-order valence-corrected chi connectivity index (χ3v) is 11.4. The number of fused-ring (bicyclic) bond motifs is 5. The van der Waals surface area contributed by atoms with Gasteiger partial charge in [0.1, 0.15) is 23.9 Å². The lowest BCUT2D eigenvalue weighted by molar-refractivity contribution is -0.297. The number of esters is 2. The summed E-state index contributed by atoms with van der Waals surface area (Å²) in [6.07, 6.45) is 3.71. The topological polar surface area (TPSA) is 151 Å². The third-order valence-electron chi connectivity index (χ3n) is 11.4. The predicted octanol–water partition coefficient (Wildman–Crippen LogP) is 2.06. The molecule has 3 fully saturated rings. The Morgan fingerprint density at radius 3 is 2.51 bits per heavy atom. The lowest BCUT2D eigenvalue weighted by atomic mass is 9.43. The summed E-state index contributed by atoms with van der Waals surface area (Å²) in [6.45, 7) is 7.52. The second kappa shape index (κ2) is 8.83. The molecule has 9 atom stereocenters. The molecule has 9 heteroatoms. The number of carbonyl (C=O) groups is 3. The summed E-state index contributed by atoms with van der Waals surface area (Å²) in [7, 11) is 0. The van der Waals surface area contributed by atoms with Crippen molar-refractivity contribution in [1.29, 1.82) is 0 Å². The maximum absolute atomic E-state index is 13.3. The molecule has 1 heterocycles. The van der Waals surface area contributed by atoms with Crippen molar-refractivity contribution in [3.8, 4) is 0 Å². The molecule has 4 aliphatic carbocycles. The van der Waals surface area contributed by atoms with Crippen molar-refractivity contribution in [3.63, 3.8) is 0 Å². The normalized spacial score (nSPS) is 45.0. The van der Waals surface area contributed by atoms with Gasteiger partial charge in [0.05, 0.1) is 22.5 Å². The van der Waals surface area contributed by atoms with Gasteiger partial charge in [-0.05, 0) is 83.3 Å². The highest BCUT2D eigenvalue weighted by atomic mass is 16.6. The van der Waals surface area contributed by atoms with Gasteiger partial charge in [-0.2, -0.15) is 0 Å². The van der Waals surface area contributed by atoms with Gasteiger partial charge in [-0.1, -0.05) is 17.7 Å². The van der Waals surface area contributed by atoms with E-state index in [9.17, 15) is 34.8 Å².